The van der Waals surface area contributed by atoms with Crippen molar-refractivity contribution in [2.45, 2.75) is 6.54 Å². The number of phenolic OH excluding ortho intramolecular Hbond substituents is 1. The monoisotopic (exact) mass is 453 g/mol. The molecule has 11 heteroatoms. The highest BCUT2D eigenvalue weighted by Crippen LogP contribution is 2.32. The molecular weight excluding hydrogens is 426 g/mol. The molecule has 0 unspecified atom stereocenters. The van der Waals surface area contributed by atoms with Gasteiger partial charge >= 0.3 is 0 Å². The molecule has 3 rings (SSSR count). The molecule has 0 bridgehead atoms. The molecule has 32 heavy (non-hydrogen) atoms. The highest BCUT2D eigenvalue weighted by atomic mass is 32.1. The first-order valence-electron chi connectivity index (χ1n) is 9.73. The second-order valence-corrected chi connectivity index (χ2v) is 8.04. The number of nitrogens with two attached hydrogens (primary N) is 4. The van der Waals surface area contributed by atoms with Crippen molar-refractivity contribution < 1.29 is 5.11 Å². The highest BCUT2D eigenvalue weighted by Gasteiger charge is 2.13. The lowest BCUT2D eigenvalue weighted by Crippen LogP contribution is -2.33. The molecule has 3 aromatic rings. The van der Waals surface area contributed by atoms with E-state index in [4.69, 9.17) is 28.1 Å². The minimum atomic E-state index is 0.230. The molecule has 0 fully saturated rings. The summed E-state index contributed by atoms with van der Waals surface area (Å²) >= 11 is 1.54. The van der Waals surface area contributed by atoms with E-state index in [-0.39, 0.29) is 5.75 Å². The molecule has 0 aliphatic heterocycles. The van der Waals surface area contributed by atoms with Gasteiger partial charge in [0, 0.05) is 49.6 Å². The summed E-state index contributed by atoms with van der Waals surface area (Å²) in [5, 5.41) is 10.3. The van der Waals surface area contributed by atoms with Crippen molar-refractivity contribution >= 4 is 11.3 Å². The zero-order valence-electron chi connectivity index (χ0n) is 17.4. The van der Waals surface area contributed by atoms with Crippen molar-refractivity contribution in [3.63, 3.8) is 0 Å². The van der Waals surface area contributed by atoms with Gasteiger partial charge in [0.1, 0.15) is 10.8 Å². The van der Waals surface area contributed by atoms with Crippen LogP contribution in [0, 0.1) is 0 Å². The van der Waals surface area contributed by atoms with E-state index < -0.39 is 0 Å². The SMILES string of the molecule is NN/C=C(\N)CN(C/C(N)=C/NN)Cc1cccc(-c2ncc(-c3ccc(O)cc3)s2)n1. The van der Waals surface area contributed by atoms with E-state index in [1.165, 1.54) is 23.7 Å². The maximum Gasteiger partial charge on any atom is 0.142 e. The molecule has 0 saturated heterocycles. The maximum atomic E-state index is 9.49. The van der Waals surface area contributed by atoms with Gasteiger partial charge in [-0.25, -0.2) is 9.97 Å². The maximum absolute atomic E-state index is 9.49. The Kier molecular flexibility index (Phi) is 8.00. The molecule has 0 atom stereocenters. The average molecular weight is 454 g/mol. The van der Waals surface area contributed by atoms with Crippen LogP contribution in [0.5, 0.6) is 5.75 Å². The summed E-state index contributed by atoms with van der Waals surface area (Å²) in [4.78, 5) is 12.3. The second-order valence-electron chi connectivity index (χ2n) is 7.01. The smallest absolute Gasteiger partial charge is 0.142 e. The third-order valence-electron chi connectivity index (χ3n) is 4.42. The van der Waals surface area contributed by atoms with Gasteiger partial charge in [0.25, 0.3) is 0 Å². The topological polar surface area (TPSA) is 177 Å². The molecule has 2 heterocycles. The zero-order chi connectivity index (χ0) is 22.9. The van der Waals surface area contributed by atoms with Gasteiger partial charge in [-0.1, -0.05) is 6.07 Å². The van der Waals surface area contributed by atoms with Crippen LogP contribution in [-0.2, 0) is 6.54 Å². The summed E-state index contributed by atoms with van der Waals surface area (Å²) in [7, 11) is 0. The summed E-state index contributed by atoms with van der Waals surface area (Å²) in [6.45, 7) is 1.36. The van der Waals surface area contributed by atoms with Crippen molar-refractivity contribution in [3.8, 4) is 26.9 Å². The van der Waals surface area contributed by atoms with Gasteiger partial charge in [0.2, 0.25) is 0 Å². The molecule has 11 N–H and O–H groups in total. The number of thiazole rings is 1. The second kappa shape index (κ2) is 11.1. The van der Waals surface area contributed by atoms with E-state index in [2.05, 4.69) is 15.8 Å². The lowest BCUT2D eigenvalue weighted by Gasteiger charge is -2.22. The number of hydrazine groups is 2. The lowest BCUT2D eigenvalue weighted by atomic mass is 10.2. The van der Waals surface area contributed by atoms with Crippen LogP contribution in [0.1, 0.15) is 5.69 Å². The van der Waals surface area contributed by atoms with Crippen LogP contribution in [0.2, 0.25) is 0 Å². The van der Waals surface area contributed by atoms with Gasteiger partial charge in [-0.2, -0.15) is 0 Å². The van der Waals surface area contributed by atoms with Crippen molar-refractivity contribution in [1.29, 1.82) is 0 Å². The summed E-state index contributed by atoms with van der Waals surface area (Å²) in [5.41, 5.74) is 20.6. The molecule has 10 nitrogen and oxygen atoms in total. The molecule has 0 amide bonds. The summed E-state index contributed by atoms with van der Waals surface area (Å²) in [5.74, 6) is 10.9. The van der Waals surface area contributed by atoms with Crippen molar-refractivity contribution in [2.24, 2.45) is 23.2 Å². The van der Waals surface area contributed by atoms with Crippen LogP contribution < -0.4 is 34.0 Å². The minimum Gasteiger partial charge on any atom is -0.508 e. The Morgan fingerprint density at radius 1 is 1.00 bits per heavy atom. The Hall–Kier alpha value is -3.64. The van der Waals surface area contributed by atoms with E-state index >= 15 is 0 Å². The third kappa shape index (κ3) is 6.43. The van der Waals surface area contributed by atoms with Crippen LogP contribution in [0.15, 0.2) is 72.5 Å². The van der Waals surface area contributed by atoms with E-state index in [1.807, 2.05) is 41.4 Å². The fourth-order valence-corrected chi connectivity index (χ4v) is 3.95. The number of hydrogen-bond acceptors (Lipinski definition) is 11. The van der Waals surface area contributed by atoms with E-state index in [9.17, 15) is 5.11 Å². The molecule has 0 aliphatic rings. The predicted molar refractivity (Wildman–Crippen MR) is 127 cm³/mol. The third-order valence-corrected chi connectivity index (χ3v) is 5.49. The highest BCUT2D eigenvalue weighted by molar-refractivity contribution is 7.18. The molecule has 1 aromatic carbocycles. The normalized spacial score (nSPS) is 12.2. The fraction of sp³-hybridized carbons (Fsp3) is 0.143. The first-order chi connectivity index (χ1) is 15.5. The Morgan fingerprint density at radius 3 is 2.28 bits per heavy atom. The molecule has 168 valence electrons. The van der Waals surface area contributed by atoms with Crippen LogP contribution in [0.4, 0.5) is 0 Å². The Balaban J connectivity index is 1.79. The molecule has 2 aromatic heterocycles. The van der Waals surface area contributed by atoms with Gasteiger partial charge < -0.3 is 27.4 Å². The van der Waals surface area contributed by atoms with E-state index in [0.717, 1.165) is 26.8 Å². The van der Waals surface area contributed by atoms with Crippen LogP contribution in [0.3, 0.4) is 0 Å². The minimum absolute atomic E-state index is 0.230. The number of hydrogen-bond donors (Lipinski definition) is 7. The number of aromatic nitrogens is 2. The molecule has 0 spiro atoms. The van der Waals surface area contributed by atoms with Gasteiger partial charge in [0.15, 0.2) is 0 Å². The number of benzene rings is 1. The van der Waals surface area contributed by atoms with Crippen LogP contribution >= 0.6 is 11.3 Å². The van der Waals surface area contributed by atoms with Crippen LogP contribution in [0.25, 0.3) is 21.1 Å². The van der Waals surface area contributed by atoms with Gasteiger partial charge in [-0.15, -0.1) is 11.3 Å². The first-order valence-corrected chi connectivity index (χ1v) is 10.6. The number of nitrogens with one attached hydrogen (secondary N) is 2. The average Bonchev–Trinajstić information content (AvgIpc) is 3.25. The Morgan fingerprint density at radius 2 is 1.66 bits per heavy atom. The summed E-state index contributed by atoms with van der Waals surface area (Å²) in [6, 6.07) is 12.8. The summed E-state index contributed by atoms with van der Waals surface area (Å²) in [6.07, 6.45) is 4.86. The number of phenols is 1. The Bertz CT molecular complexity index is 1060. The Labute approximate surface area is 190 Å². The van der Waals surface area contributed by atoms with E-state index in [1.54, 1.807) is 12.1 Å². The quantitative estimate of drug-likeness (QED) is 0.172. The van der Waals surface area contributed by atoms with Gasteiger partial charge in [-0.3, -0.25) is 16.6 Å². The predicted octanol–water partition coefficient (Wildman–Crippen LogP) is 0.907. The summed E-state index contributed by atoms with van der Waals surface area (Å²) < 4.78 is 0. The molecular formula is C21H27N9OS. The van der Waals surface area contributed by atoms with Crippen molar-refractivity contribution in [1.82, 2.24) is 25.7 Å². The van der Waals surface area contributed by atoms with Crippen molar-refractivity contribution in [2.75, 3.05) is 13.1 Å². The van der Waals surface area contributed by atoms with Crippen LogP contribution in [-0.4, -0.2) is 33.1 Å². The molecule has 0 radical (unpaired) electrons. The fourth-order valence-electron chi connectivity index (χ4n) is 3.06. The molecule has 0 aliphatic carbocycles. The number of rotatable bonds is 10. The standard InChI is InChI=1S/C21H27N9OS/c22-15(8-27-24)11-30(12-16(23)9-28-25)13-17-2-1-3-19(29-17)21-26-10-20(32-21)14-4-6-18(31)7-5-14/h1-10,27-28,31H,11-13,22-25H2/b15-8-,16-9-. The van der Waals surface area contributed by atoms with E-state index in [0.29, 0.717) is 31.0 Å². The largest absolute Gasteiger partial charge is 0.508 e. The van der Waals surface area contributed by atoms with Crippen molar-refractivity contribution in [3.05, 3.63) is 78.1 Å². The zero-order valence-corrected chi connectivity index (χ0v) is 18.2. The number of aromatic hydroxyl groups is 1. The van der Waals surface area contributed by atoms with Gasteiger partial charge in [-0.05, 0) is 42.0 Å². The number of nitrogens with zero attached hydrogens (tertiary/aromatic N) is 3. The number of pyridine rings is 1. The molecule has 0 saturated carbocycles. The van der Waals surface area contributed by atoms with Gasteiger partial charge in [0.05, 0.1) is 16.3 Å². The lowest BCUT2D eigenvalue weighted by molar-refractivity contribution is 0.306. The first kappa shape index (κ1) is 23.0.